The number of hydrogen-bond acceptors (Lipinski definition) is 6. The second kappa shape index (κ2) is 9.62. The summed E-state index contributed by atoms with van der Waals surface area (Å²) < 4.78 is 33.8. The molecule has 1 fully saturated rings. The number of nitrogens with one attached hydrogen (secondary N) is 1. The number of carbonyl (C=O) groups is 1. The van der Waals surface area contributed by atoms with Crippen LogP contribution in [0.4, 0.5) is 5.69 Å². The minimum Gasteiger partial charge on any atom is -0.355 e. The van der Waals surface area contributed by atoms with Gasteiger partial charge in [-0.1, -0.05) is 28.9 Å². The molecule has 0 unspecified atom stereocenters. The van der Waals surface area contributed by atoms with Gasteiger partial charge in [0, 0.05) is 23.7 Å². The van der Waals surface area contributed by atoms with E-state index in [1.807, 2.05) is 49.6 Å². The molecule has 1 N–H and O–H groups in total. The first-order valence-electron chi connectivity index (χ1n) is 10.8. The van der Waals surface area contributed by atoms with Crippen molar-refractivity contribution in [1.29, 1.82) is 0 Å². The summed E-state index contributed by atoms with van der Waals surface area (Å²) in [5.74, 6) is -0.399. The molecule has 4 rings (SSSR count). The molecule has 9 heteroatoms. The molecule has 33 heavy (non-hydrogen) atoms. The molecule has 1 amide bonds. The average Bonchev–Trinajstić information content (AvgIpc) is 3.44. The molecule has 0 aliphatic carbocycles. The summed E-state index contributed by atoms with van der Waals surface area (Å²) in [5, 5.41) is 8.81. The van der Waals surface area contributed by atoms with E-state index in [0.717, 1.165) is 21.7 Å². The van der Waals surface area contributed by atoms with Crippen molar-refractivity contribution in [3.63, 3.8) is 0 Å². The Hall–Kier alpha value is -2.75. The standard InChI is InChI=1S/C24H27N3O4S2/c1-16-8-10-21(17(2)14-16)25-24(28)19-6-4-12-27(15-19)33(29,30)23-18(3)26-31-22(23)11-9-20-7-5-13-32-20/h5,7-11,13-14,19H,4,6,12,15H2,1-3H3,(H,25,28)/b11-9+/t19-/m1/s1. The summed E-state index contributed by atoms with van der Waals surface area (Å²) in [7, 11) is -3.87. The van der Waals surface area contributed by atoms with Crippen LogP contribution in [-0.2, 0) is 14.8 Å². The highest BCUT2D eigenvalue weighted by atomic mass is 32.2. The van der Waals surface area contributed by atoms with E-state index in [0.29, 0.717) is 25.1 Å². The lowest BCUT2D eigenvalue weighted by atomic mass is 9.98. The Morgan fingerprint density at radius 1 is 1.24 bits per heavy atom. The van der Waals surface area contributed by atoms with Crippen molar-refractivity contribution in [3.05, 3.63) is 63.2 Å². The van der Waals surface area contributed by atoms with Crippen LogP contribution in [0.2, 0.25) is 0 Å². The first-order valence-corrected chi connectivity index (χ1v) is 13.1. The monoisotopic (exact) mass is 485 g/mol. The number of thiophene rings is 1. The quantitative estimate of drug-likeness (QED) is 0.538. The van der Waals surface area contributed by atoms with Crippen molar-refractivity contribution >= 4 is 45.1 Å². The second-order valence-electron chi connectivity index (χ2n) is 8.32. The summed E-state index contributed by atoms with van der Waals surface area (Å²) in [4.78, 5) is 14.0. The summed E-state index contributed by atoms with van der Waals surface area (Å²) >= 11 is 1.54. The van der Waals surface area contributed by atoms with E-state index < -0.39 is 15.9 Å². The number of piperidine rings is 1. The number of amides is 1. The number of aryl methyl sites for hydroxylation is 3. The highest BCUT2D eigenvalue weighted by Crippen LogP contribution is 2.30. The molecule has 7 nitrogen and oxygen atoms in total. The highest BCUT2D eigenvalue weighted by Gasteiger charge is 2.37. The van der Waals surface area contributed by atoms with Gasteiger partial charge in [-0.2, -0.15) is 4.31 Å². The van der Waals surface area contributed by atoms with E-state index in [1.54, 1.807) is 30.4 Å². The Kier molecular flexibility index (Phi) is 6.83. The summed E-state index contributed by atoms with van der Waals surface area (Å²) in [6.45, 7) is 6.04. The Morgan fingerprint density at radius 3 is 2.79 bits per heavy atom. The predicted octanol–water partition coefficient (Wildman–Crippen LogP) is 4.87. The van der Waals surface area contributed by atoms with Crippen molar-refractivity contribution in [2.45, 2.75) is 38.5 Å². The Labute approximate surface area is 198 Å². The van der Waals surface area contributed by atoms with Crippen LogP contribution in [0.15, 0.2) is 45.1 Å². The number of hydrogen-bond donors (Lipinski definition) is 1. The van der Waals surface area contributed by atoms with Crippen molar-refractivity contribution in [1.82, 2.24) is 9.46 Å². The largest absolute Gasteiger partial charge is 0.355 e. The normalized spacial score (nSPS) is 17.5. The van der Waals surface area contributed by atoms with Crippen LogP contribution in [0.3, 0.4) is 0 Å². The van der Waals surface area contributed by atoms with Crippen molar-refractivity contribution < 1.29 is 17.7 Å². The third kappa shape index (κ3) is 5.10. The first-order chi connectivity index (χ1) is 15.8. The third-order valence-corrected chi connectivity index (χ3v) is 8.63. The predicted molar refractivity (Wildman–Crippen MR) is 131 cm³/mol. The summed E-state index contributed by atoms with van der Waals surface area (Å²) in [6.07, 6.45) is 4.68. The third-order valence-electron chi connectivity index (χ3n) is 5.77. The van der Waals surface area contributed by atoms with Gasteiger partial charge in [-0.05, 0) is 68.8 Å². The topological polar surface area (TPSA) is 92.5 Å². The number of nitrogens with zero attached hydrogens (tertiary/aromatic N) is 2. The van der Waals surface area contributed by atoms with Gasteiger partial charge in [-0.25, -0.2) is 8.42 Å². The first kappa shape index (κ1) is 23.4. The second-order valence-corrected chi connectivity index (χ2v) is 11.2. The fourth-order valence-corrected chi connectivity index (χ4v) is 6.43. The zero-order valence-corrected chi connectivity index (χ0v) is 20.5. The van der Waals surface area contributed by atoms with Crippen molar-refractivity contribution in [2.75, 3.05) is 18.4 Å². The summed E-state index contributed by atoms with van der Waals surface area (Å²) in [5.41, 5.74) is 3.16. The van der Waals surface area contributed by atoms with Gasteiger partial charge in [0.25, 0.3) is 0 Å². The number of sulfonamides is 1. The fourth-order valence-electron chi connectivity index (χ4n) is 4.04. The number of carbonyl (C=O) groups excluding carboxylic acids is 1. The maximum atomic E-state index is 13.5. The van der Waals surface area contributed by atoms with E-state index in [-0.39, 0.29) is 23.1 Å². The molecule has 1 saturated heterocycles. The maximum absolute atomic E-state index is 13.5. The van der Waals surface area contributed by atoms with Crippen LogP contribution in [0, 0.1) is 26.7 Å². The Bertz CT molecular complexity index is 1280. The van der Waals surface area contributed by atoms with Crippen LogP contribution in [0.5, 0.6) is 0 Å². The van der Waals surface area contributed by atoms with E-state index in [4.69, 9.17) is 4.52 Å². The molecule has 0 radical (unpaired) electrons. The van der Waals surface area contributed by atoms with Crippen LogP contribution in [0.25, 0.3) is 12.2 Å². The molecule has 0 saturated carbocycles. The zero-order valence-electron chi connectivity index (χ0n) is 18.9. The highest BCUT2D eigenvalue weighted by molar-refractivity contribution is 7.89. The minimum atomic E-state index is -3.87. The van der Waals surface area contributed by atoms with E-state index >= 15 is 0 Å². The molecule has 1 aliphatic rings. The molecule has 0 spiro atoms. The number of rotatable bonds is 6. The Morgan fingerprint density at radius 2 is 2.06 bits per heavy atom. The molecular weight excluding hydrogens is 458 g/mol. The number of aromatic nitrogens is 1. The lowest BCUT2D eigenvalue weighted by Gasteiger charge is -2.31. The van der Waals surface area contributed by atoms with Crippen LogP contribution in [-0.4, -0.2) is 36.9 Å². The molecular formula is C24H27N3O4S2. The van der Waals surface area contributed by atoms with E-state index in [9.17, 15) is 13.2 Å². The van der Waals surface area contributed by atoms with Gasteiger partial charge in [0.2, 0.25) is 15.9 Å². The van der Waals surface area contributed by atoms with Crippen LogP contribution in [0.1, 0.15) is 40.3 Å². The van der Waals surface area contributed by atoms with Crippen molar-refractivity contribution in [2.24, 2.45) is 5.92 Å². The van der Waals surface area contributed by atoms with Crippen LogP contribution < -0.4 is 5.32 Å². The van der Waals surface area contributed by atoms with Crippen molar-refractivity contribution in [3.8, 4) is 0 Å². The lowest BCUT2D eigenvalue weighted by molar-refractivity contribution is -0.120. The maximum Gasteiger partial charge on any atom is 0.248 e. The van der Waals surface area contributed by atoms with Gasteiger partial charge >= 0.3 is 0 Å². The molecule has 174 valence electrons. The van der Waals surface area contributed by atoms with Gasteiger partial charge in [-0.3, -0.25) is 4.79 Å². The van der Waals surface area contributed by atoms with E-state index in [1.165, 1.54) is 4.31 Å². The van der Waals surface area contributed by atoms with Gasteiger partial charge in [-0.15, -0.1) is 11.3 Å². The molecule has 3 heterocycles. The lowest BCUT2D eigenvalue weighted by Crippen LogP contribution is -2.44. The van der Waals surface area contributed by atoms with Gasteiger partial charge in [0.05, 0.1) is 5.92 Å². The van der Waals surface area contributed by atoms with Gasteiger partial charge in [0.15, 0.2) is 10.7 Å². The fraction of sp³-hybridized carbons (Fsp3) is 0.333. The molecule has 3 aromatic rings. The zero-order chi connectivity index (χ0) is 23.6. The number of benzene rings is 1. The molecule has 1 atom stereocenters. The van der Waals surface area contributed by atoms with E-state index in [2.05, 4.69) is 10.5 Å². The minimum absolute atomic E-state index is 0.0609. The van der Waals surface area contributed by atoms with Gasteiger partial charge < -0.3 is 9.84 Å². The molecule has 2 aromatic heterocycles. The average molecular weight is 486 g/mol. The van der Waals surface area contributed by atoms with Crippen LogP contribution >= 0.6 is 11.3 Å². The molecule has 1 aliphatic heterocycles. The smallest absolute Gasteiger partial charge is 0.248 e. The SMILES string of the molecule is Cc1ccc(NC(=O)[C@@H]2CCCN(S(=O)(=O)c3c(C)noc3/C=C/c3cccs3)C2)c(C)c1. The van der Waals surface area contributed by atoms with Gasteiger partial charge in [0.1, 0.15) is 5.69 Å². The summed E-state index contributed by atoms with van der Waals surface area (Å²) in [6, 6.07) is 9.69. The molecule has 1 aromatic carbocycles. The molecule has 0 bridgehead atoms. The number of anilines is 1. The Balaban J connectivity index is 1.53.